The predicted octanol–water partition coefficient (Wildman–Crippen LogP) is 1.83. The lowest BCUT2D eigenvalue weighted by Crippen LogP contribution is -2.40. The minimum absolute atomic E-state index is 0.142. The number of aromatic nitrogens is 5. The molecule has 3 rings (SSSR count). The molecule has 31 heavy (non-hydrogen) atoms. The molecule has 0 saturated heterocycles. The highest BCUT2D eigenvalue weighted by Crippen LogP contribution is 2.17. The van der Waals surface area contributed by atoms with E-state index in [1.54, 1.807) is 24.5 Å². The molecule has 3 aromatic heterocycles. The number of ether oxygens (including phenoxy) is 1. The van der Waals surface area contributed by atoms with Gasteiger partial charge in [-0.15, -0.1) is 0 Å². The number of hydrogen-bond acceptors (Lipinski definition) is 7. The number of unbranched alkanes of at least 4 members (excludes halogenated alkanes) is 2. The van der Waals surface area contributed by atoms with E-state index in [0.717, 1.165) is 17.4 Å². The lowest BCUT2D eigenvalue weighted by Gasteiger charge is -2.16. The molecular formula is C22H29N5O4. The summed E-state index contributed by atoms with van der Waals surface area (Å²) in [5, 5.41) is 9.04. The number of aliphatic hydroxyl groups excluding tert-OH is 1. The molecule has 0 atom stereocenters. The lowest BCUT2D eigenvalue weighted by atomic mass is 10.1. The molecule has 9 nitrogen and oxygen atoms in total. The third-order valence-electron chi connectivity index (χ3n) is 4.96. The van der Waals surface area contributed by atoms with Crippen LogP contribution in [0.1, 0.15) is 44.5 Å². The van der Waals surface area contributed by atoms with Crippen LogP contribution in [0.15, 0.2) is 34.1 Å². The summed E-state index contributed by atoms with van der Waals surface area (Å²) >= 11 is 0. The SMILES string of the molecule is CC(C)Cn1c(=O)n(C)c(=O)c2nc(CCCCCO)c(COc3ccncc3)nc21. The molecule has 3 aromatic rings. The Bertz CT molecular complexity index is 1140. The Morgan fingerprint density at radius 1 is 1.06 bits per heavy atom. The fraction of sp³-hybridized carbons (Fsp3) is 0.500. The Balaban J connectivity index is 2.09. The fourth-order valence-electron chi connectivity index (χ4n) is 3.36. The maximum absolute atomic E-state index is 12.8. The van der Waals surface area contributed by atoms with E-state index in [-0.39, 0.29) is 30.3 Å². The smallest absolute Gasteiger partial charge is 0.332 e. The molecule has 0 fully saturated rings. The van der Waals surface area contributed by atoms with Gasteiger partial charge >= 0.3 is 5.69 Å². The van der Waals surface area contributed by atoms with Gasteiger partial charge in [0.15, 0.2) is 11.2 Å². The van der Waals surface area contributed by atoms with Gasteiger partial charge in [0, 0.05) is 32.6 Å². The van der Waals surface area contributed by atoms with E-state index in [1.807, 2.05) is 13.8 Å². The van der Waals surface area contributed by atoms with Crippen molar-refractivity contribution < 1.29 is 9.84 Å². The molecule has 0 aliphatic rings. The van der Waals surface area contributed by atoms with E-state index in [1.165, 1.54) is 11.6 Å². The number of fused-ring (bicyclic) bond motifs is 1. The summed E-state index contributed by atoms with van der Waals surface area (Å²) in [5.41, 5.74) is 0.884. The first-order valence-electron chi connectivity index (χ1n) is 10.6. The zero-order valence-electron chi connectivity index (χ0n) is 18.2. The second-order valence-electron chi connectivity index (χ2n) is 7.95. The van der Waals surface area contributed by atoms with Crippen LogP contribution in [0.5, 0.6) is 5.75 Å². The zero-order valence-corrected chi connectivity index (χ0v) is 18.2. The van der Waals surface area contributed by atoms with Gasteiger partial charge in [0.05, 0.1) is 5.69 Å². The number of hydrogen-bond donors (Lipinski definition) is 1. The van der Waals surface area contributed by atoms with Crippen molar-refractivity contribution >= 4 is 11.2 Å². The first-order valence-corrected chi connectivity index (χ1v) is 10.6. The molecule has 0 aliphatic heterocycles. The van der Waals surface area contributed by atoms with Gasteiger partial charge in [0.25, 0.3) is 5.56 Å². The van der Waals surface area contributed by atoms with Crippen molar-refractivity contribution in [2.45, 2.75) is 52.7 Å². The lowest BCUT2D eigenvalue weighted by molar-refractivity contribution is 0.282. The van der Waals surface area contributed by atoms with E-state index >= 15 is 0 Å². The van der Waals surface area contributed by atoms with Gasteiger partial charge in [0.1, 0.15) is 18.1 Å². The minimum atomic E-state index is -0.453. The molecule has 1 N–H and O–H groups in total. The van der Waals surface area contributed by atoms with Crippen LogP contribution >= 0.6 is 0 Å². The average molecular weight is 428 g/mol. The Morgan fingerprint density at radius 2 is 1.81 bits per heavy atom. The third kappa shape index (κ3) is 5.35. The van der Waals surface area contributed by atoms with Crippen LogP contribution in [0, 0.1) is 5.92 Å². The quantitative estimate of drug-likeness (QED) is 0.491. The van der Waals surface area contributed by atoms with Crippen molar-refractivity contribution in [1.29, 1.82) is 0 Å². The summed E-state index contributed by atoms with van der Waals surface area (Å²) in [5.74, 6) is 0.835. The second kappa shape index (κ2) is 10.3. The van der Waals surface area contributed by atoms with Crippen molar-refractivity contribution in [3.63, 3.8) is 0 Å². The molecule has 0 aromatic carbocycles. The molecule has 0 aliphatic carbocycles. The minimum Gasteiger partial charge on any atom is -0.487 e. The summed E-state index contributed by atoms with van der Waals surface area (Å²) in [6.45, 7) is 4.73. The van der Waals surface area contributed by atoms with Gasteiger partial charge in [0.2, 0.25) is 0 Å². The van der Waals surface area contributed by atoms with Crippen molar-refractivity contribution in [1.82, 2.24) is 24.1 Å². The number of pyridine rings is 1. The van der Waals surface area contributed by atoms with E-state index in [2.05, 4.69) is 9.97 Å². The highest BCUT2D eigenvalue weighted by molar-refractivity contribution is 5.69. The summed E-state index contributed by atoms with van der Waals surface area (Å²) in [7, 11) is 1.46. The Hall–Kier alpha value is -3.07. The number of nitrogens with zero attached hydrogens (tertiary/aromatic N) is 5. The van der Waals surface area contributed by atoms with E-state index in [0.29, 0.717) is 36.5 Å². The number of aliphatic hydroxyl groups is 1. The molecule has 0 radical (unpaired) electrons. The normalized spacial score (nSPS) is 11.4. The highest BCUT2D eigenvalue weighted by Gasteiger charge is 2.18. The topological polar surface area (TPSA) is 112 Å². The summed E-state index contributed by atoms with van der Waals surface area (Å²) in [6, 6.07) is 3.50. The molecule has 0 bridgehead atoms. The van der Waals surface area contributed by atoms with Gasteiger partial charge in [-0.3, -0.25) is 18.9 Å². The number of rotatable bonds is 10. The summed E-state index contributed by atoms with van der Waals surface area (Å²) < 4.78 is 8.46. The van der Waals surface area contributed by atoms with Gasteiger partial charge in [-0.05, 0) is 37.3 Å². The average Bonchev–Trinajstić information content (AvgIpc) is 2.77. The standard InChI is InChI=1S/C22H29N5O4/c1-15(2)13-27-20-19(21(29)26(3)22(27)30)24-17(7-5-4-6-12-28)18(25-20)14-31-16-8-10-23-11-9-16/h8-11,15,28H,4-7,12-14H2,1-3H3. The molecule has 0 spiro atoms. The van der Waals surface area contributed by atoms with Gasteiger partial charge in [-0.25, -0.2) is 14.8 Å². The van der Waals surface area contributed by atoms with Crippen LogP contribution in [0.25, 0.3) is 11.2 Å². The molecule has 3 heterocycles. The molecule has 0 saturated carbocycles. The van der Waals surface area contributed by atoms with Crippen LogP contribution in [-0.4, -0.2) is 35.8 Å². The second-order valence-corrected chi connectivity index (χ2v) is 7.95. The predicted molar refractivity (Wildman–Crippen MR) is 117 cm³/mol. The van der Waals surface area contributed by atoms with Gasteiger partial charge in [-0.1, -0.05) is 20.3 Å². The first kappa shape index (κ1) is 22.6. The van der Waals surface area contributed by atoms with Crippen molar-refractivity contribution in [3.8, 4) is 5.75 Å². The van der Waals surface area contributed by atoms with Crippen LogP contribution in [0.2, 0.25) is 0 Å². The van der Waals surface area contributed by atoms with Crippen LogP contribution in [0.3, 0.4) is 0 Å². The molecule has 9 heteroatoms. The Labute approximate surface area is 180 Å². The Morgan fingerprint density at radius 3 is 2.48 bits per heavy atom. The Kier molecular flexibility index (Phi) is 7.51. The molecule has 0 unspecified atom stereocenters. The van der Waals surface area contributed by atoms with Gasteiger partial charge < -0.3 is 9.84 Å². The monoisotopic (exact) mass is 427 g/mol. The zero-order chi connectivity index (χ0) is 22.4. The summed E-state index contributed by atoms with van der Waals surface area (Å²) in [6.07, 6.45) is 6.23. The first-order chi connectivity index (χ1) is 14.9. The van der Waals surface area contributed by atoms with Crippen LogP contribution in [0.4, 0.5) is 0 Å². The van der Waals surface area contributed by atoms with Crippen LogP contribution < -0.4 is 16.0 Å². The summed E-state index contributed by atoms with van der Waals surface area (Å²) in [4.78, 5) is 38.9. The van der Waals surface area contributed by atoms with Gasteiger partial charge in [-0.2, -0.15) is 0 Å². The van der Waals surface area contributed by atoms with E-state index < -0.39 is 11.2 Å². The number of aryl methyl sites for hydroxylation is 1. The fourth-order valence-corrected chi connectivity index (χ4v) is 3.36. The maximum atomic E-state index is 12.8. The highest BCUT2D eigenvalue weighted by atomic mass is 16.5. The third-order valence-corrected chi connectivity index (χ3v) is 4.96. The molecular weight excluding hydrogens is 398 g/mol. The van der Waals surface area contributed by atoms with Crippen molar-refractivity contribution in [2.75, 3.05) is 6.61 Å². The molecule has 166 valence electrons. The maximum Gasteiger partial charge on any atom is 0.332 e. The largest absolute Gasteiger partial charge is 0.487 e. The van der Waals surface area contributed by atoms with Crippen molar-refractivity contribution in [3.05, 3.63) is 56.8 Å². The van der Waals surface area contributed by atoms with E-state index in [4.69, 9.17) is 14.8 Å². The van der Waals surface area contributed by atoms with Crippen molar-refractivity contribution in [2.24, 2.45) is 13.0 Å². The van der Waals surface area contributed by atoms with E-state index in [9.17, 15) is 9.59 Å². The van der Waals surface area contributed by atoms with Crippen LogP contribution in [-0.2, 0) is 26.6 Å². The molecule has 0 amide bonds.